The topological polar surface area (TPSA) is 38.3 Å². The summed E-state index contributed by atoms with van der Waals surface area (Å²) in [5.74, 6) is 0.632. The van der Waals surface area contributed by atoms with Crippen molar-refractivity contribution >= 4 is 5.97 Å². The van der Waals surface area contributed by atoms with Crippen molar-refractivity contribution in [2.45, 2.75) is 44.2 Å². The first-order valence-corrected chi connectivity index (χ1v) is 5.15. The molecule has 0 aromatic rings. The summed E-state index contributed by atoms with van der Waals surface area (Å²) in [7, 11) is 1.46. The lowest BCUT2D eigenvalue weighted by atomic mass is 9.85. The monoisotopic (exact) mass is 183 g/mol. The largest absolute Gasteiger partial charge is 0.468 e. The average Bonchev–Trinajstić information content (AvgIpc) is 2.59. The minimum atomic E-state index is -0.0885. The van der Waals surface area contributed by atoms with Crippen molar-refractivity contribution in [1.29, 1.82) is 0 Å². The van der Waals surface area contributed by atoms with E-state index in [1.165, 1.54) is 32.8 Å². The Morgan fingerprint density at radius 1 is 1.38 bits per heavy atom. The average molecular weight is 183 g/mol. The lowest BCUT2D eigenvalue weighted by Crippen LogP contribution is -2.37. The van der Waals surface area contributed by atoms with Crippen LogP contribution >= 0.6 is 0 Å². The Balaban J connectivity index is 1.94. The molecule has 0 aromatic carbocycles. The van der Waals surface area contributed by atoms with Crippen molar-refractivity contribution in [3.05, 3.63) is 0 Å². The highest BCUT2D eigenvalue weighted by Crippen LogP contribution is 2.33. The predicted molar refractivity (Wildman–Crippen MR) is 49.3 cm³/mol. The molecule has 13 heavy (non-hydrogen) atoms. The Labute approximate surface area is 78.8 Å². The Bertz CT molecular complexity index is 191. The van der Waals surface area contributed by atoms with Crippen LogP contribution in [0.4, 0.5) is 0 Å². The van der Waals surface area contributed by atoms with E-state index < -0.39 is 0 Å². The molecule has 2 fully saturated rings. The van der Waals surface area contributed by atoms with E-state index in [0.717, 1.165) is 12.3 Å². The molecule has 1 saturated heterocycles. The van der Waals surface area contributed by atoms with Crippen LogP contribution in [0.15, 0.2) is 0 Å². The quantitative estimate of drug-likeness (QED) is 0.618. The first kappa shape index (κ1) is 9.00. The molecule has 74 valence electrons. The summed E-state index contributed by atoms with van der Waals surface area (Å²) < 4.78 is 4.74. The minimum Gasteiger partial charge on any atom is -0.468 e. The van der Waals surface area contributed by atoms with E-state index in [1.807, 2.05) is 0 Å². The van der Waals surface area contributed by atoms with Crippen LogP contribution < -0.4 is 5.32 Å². The molecule has 1 N–H and O–H groups in total. The number of hydrogen-bond donors (Lipinski definition) is 1. The molecule has 3 atom stereocenters. The molecule has 2 rings (SSSR count). The van der Waals surface area contributed by atoms with E-state index in [0.29, 0.717) is 6.04 Å². The molecular weight excluding hydrogens is 166 g/mol. The molecule has 0 radical (unpaired) electrons. The number of fused-ring (bicyclic) bond motifs is 1. The van der Waals surface area contributed by atoms with Gasteiger partial charge in [0.15, 0.2) is 0 Å². The van der Waals surface area contributed by atoms with E-state index in [2.05, 4.69) is 5.32 Å². The lowest BCUT2D eigenvalue weighted by molar-refractivity contribution is -0.142. The number of carbonyl (C=O) groups is 1. The van der Waals surface area contributed by atoms with Crippen LogP contribution in [0.2, 0.25) is 0 Å². The van der Waals surface area contributed by atoms with Crippen molar-refractivity contribution in [3.8, 4) is 0 Å². The molecule has 1 heterocycles. The standard InChI is InChI=1S/C10H17NO2/c1-13-10(12)9-6-7-4-2-3-5-8(7)11-9/h7-9,11H,2-6H2,1H3/t7-,8-,9+/m1/s1. The van der Waals surface area contributed by atoms with Crippen LogP contribution in [0, 0.1) is 5.92 Å². The van der Waals surface area contributed by atoms with Gasteiger partial charge in [-0.3, -0.25) is 4.79 Å². The molecule has 0 bridgehead atoms. The minimum absolute atomic E-state index is 0.0295. The van der Waals surface area contributed by atoms with Crippen LogP contribution in [-0.4, -0.2) is 25.2 Å². The SMILES string of the molecule is COC(=O)[C@@H]1C[C@H]2CCCC[C@H]2N1. The highest BCUT2D eigenvalue weighted by Gasteiger charge is 2.38. The Morgan fingerprint density at radius 3 is 2.85 bits per heavy atom. The van der Waals surface area contributed by atoms with Crippen molar-refractivity contribution in [2.24, 2.45) is 5.92 Å². The molecular formula is C10H17NO2. The summed E-state index contributed by atoms with van der Waals surface area (Å²) in [5.41, 5.74) is 0. The van der Waals surface area contributed by atoms with Gasteiger partial charge in [-0.25, -0.2) is 0 Å². The van der Waals surface area contributed by atoms with Gasteiger partial charge in [-0.2, -0.15) is 0 Å². The van der Waals surface area contributed by atoms with Crippen LogP contribution in [0.5, 0.6) is 0 Å². The summed E-state index contributed by atoms with van der Waals surface area (Å²) in [6, 6.07) is 0.552. The number of esters is 1. The van der Waals surface area contributed by atoms with Gasteiger partial charge in [0, 0.05) is 6.04 Å². The second-order valence-electron chi connectivity index (χ2n) is 4.13. The van der Waals surface area contributed by atoms with Crippen molar-refractivity contribution in [2.75, 3.05) is 7.11 Å². The summed E-state index contributed by atoms with van der Waals surface area (Å²) >= 11 is 0. The number of rotatable bonds is 1. The fourth-order valence-electron chi connectivity index (χ4n) is 2.64. The highest BCUT2D eigenvalue weighted by atomic mass is 16.5. The summed E-state index contributed by atoms with van der Waals surface area (Å²) in [4.78, 5) is 11.3. The maximum Gasteiger partial charge on any atom is 0.322 e. The molecule has 1 saturated carbocycles. The fourth-order valence-corrected chi connectivity index (χ4v) is 2.64. The second kappa shape index (κ2) is 3.66. The predicted octanol–water partition coefficient (Wildman–Crippen LogP) is 1.08. The zero-order valence-corrected chi connectivity index (χ0v) is 8.08. The van der Waals surface area contributed by atoms with Gasteiger partial charge in [0.1, 0.15) is 6.04 Å². The highest BCUT2D eigenvalue weighted by molar-refractivity contribution is 5.76. The normalized spacial score (nSPS) is 38.4. The summed E-state index contributed by atoms with van der Waals surface area (Å²) in [6.07, 6.45) is 6.14. The number of hydrogen-bond acceptors (Lipinski definition) is 3. The third-order valence-electron chi connectivity index (χ3n) is 3.35. The number of carbonyl (C=O) groups excluding carboxylic acids is 1. The zero-order valence-electron chi connectivity index (χ0n) is 8.08. The van der Waals surface area contributed by atoms with Gasteiger partial charge in [-0.05, 0) is 25.2 Å². The van der Waals surface area contributed by atoms with Crippen LogP contribution in [0.3, 0.4) is 0 Å². The molecule has 3 heteroatoms. The molecule has 0 spiro atoms. The van der Waals surface area contributed by atoms with Crippen LogP contribution in [0.1, 0.15) is 32.1 Å². The smallest absolute Gasteiger partial charge is 0.322 e. The van der Waals surface area contributed by atoms with Gasteiger partial charge < -0.3 is 10.1 Å². The van der Waals surface area contributed by atoms with E-state index in [-0.39, 0.29) is 12.0 Å². The number of methoxy groups -OCH3 is 1. The maximum absolute atomic E-state index is 11.3. The van der Waals surface area contributed by atoms with Gasteiger partial charge in [0.05, 0.1) is 7.11 Å². The fraction of sp³-hybridized carbons (Fsp3) is 0.900. The van der Waals surface area contributed by atoms with Gasteiger partial charge in [0.2, 0.25) is 0 Å². The maximum atomic E-state index is 11.3. The molecule has 3 nitrogen and oxygen atoms in total. The van der Waals surface area contributed by atoms with E-state index >= 15 is 0 Å². The zero-order chi connectivity index (χ0) is 9.26. The summed E-state index contributed by atoms with van der Waals surface area (Å²) in [5, 5.41) is 3.37. The van der Waals surface area contributed by atoms with Crippen LogP contribution in [0.25, 0.3) is 0 Å². The number of ether oxygens (including phenoxy) is 1. The van der Waals surface area contributed by atoms with Crippen molar-refractivity contribution in [1.82, 2.24) is 5.32 Å². The van der Waals surface area contributed by atoms with E-state index in [4.69, 9.17) is 4.74 Å². The lowest BCUT2D eigenvalue weighted by Gasteiger charge is -2.24. The first-order chi connectivity index (χ1) is 6.31. The summed E-state index contributed by atoms with van der Waals surface area (Å²) in [6.45, 7) is 0. The van der Waals surface area contributed by atoms with Gasteiger partial charge in [-0.15, -0.1) is 0 Å². The Kier molecular flexibility index (Phi) is 2.54. The first-order valence-electron chi connectivity index (χ1n) is 5.15. The van der Waals surface area contributed by atoms with Gasteiger partial charge in [-0.1, -0.05) is 12.8 Å². The molecule has 0 amide bonds. The molecule has 2 aliphatic rings. The molecule has 0 aromatic heterocycles. The molecule has 1 aliphatic heterocycles. The third-order valence-corrected chi connectivity index (χ3v) is 3.35. The second-order valence-corrected chi connectivity index (χ2v) is 4.13. The molecule has 1 aliphatic carbocycles. The van der Waals surface area contributed by atoms with E-state index in [9.17, 15) is 4.79 Å². The third kappa shape index (κ3) is 1.70. The van der Waals surface area contributed by atoms with Gasteiger partial charge in [0.25, 0.3) is 0 Å². The van der Waals surface area contributed by atoms with Gasteiger partial charge >= 0.3 is 5.97 Å². The Morgan fingerprint density at radius 2 is 2.15 bits per heavy atom. The molecule has 0 unspecified atom stereocenters. The van der Waals surface area contributed by atoms with E-state index in [1.54, 1.807) is 0 Å². The van der Waals surface area contributed by atoms with Crippen molar-refractivity contribution < 1.29 is 9.53 Å². The van der Waals surface area contributed by atoms with Crippen LogP contribution in [-0.2, 0) is 9.53 Å². The van der Waals surface area contributed by atoms with Crippen molar-refractivity contribution in [3.63, 3.8) is 0 Å². The number of nitrogens with one attached hydrogen (secondary N) is 1. The Hall–Kier alpha value is -0.570.